The first-order chi connectivity index (χ1) is 8.28. The van der Waals surface area contributed by atoms with Crippen LogP contribution in [0.1, 0.15) is 0 Å². The van der Waals surface area contributed by atoms with Crippen LogP contribution in [-0.2, 0) is 4.79 Å². The molecule has 5 nitrogen and oxygen atoms in total. The number of nitrogens with two attached hydrogens (primary N) is 1. The predicted molar refractivity (Wildman–Crippen MR) is 54.2 cm³/mol. The topological polar surface area (TPSA) is 81.8 Å². The fourth-order valence-electron chi connectivity index (χ4n) is 0.995. The highest BCUT2D eigenvalue weighted by Crippen LogP contribution is 2.24. The van der Waals surface area contributed by atoms with E-state index in [-0.39, 0.29) is 12.4 Å². The third kappa shape index (κ3) is 4.91. The van der Waals surface area contributed by atoms with E-state index < -0.39 is 24.1 Å². The Bertz CT molecular complexity index is 405. The molecule has 0 bridgehead atoms. The molecule has 0 saturated heterocycles. The third-order valence-electron chi connectivity index (χ3n) is 1.80. The maximum absolute atomic E-state index is 11.8. The second-order valence-corrected chi connectivity index (χ2v) is 3.27. The summed E-state index contributed by atoms with van der Waals surface area (Å²) in [7, 11) is 0. The van der Waals surface area contributed by atoms with Crippen LogP contribution in [0, 0.1) is 0 Å². The van der Waals surface area contributed by atoms with Crippen molar-refractivity contribution in [1.29, 1.82) is 0 Å². The van der Waals surface area contributed by atoms with Crippen LogP contribution in [-0.4, -0.2) is 30.1 Å². The van der Waals surface area contributed by atoms with Gasteiger partial charge in [0.15, 0.2) is 0 Å². The molecule has 3 N–H and O–H groups in total. The van der Waals surface area contributed by atoms with E-state index in [4.69, 9.17) is 15.6 Å². The lowest BCUT2D eigenvalue weighted by Crippen LogP contribution is -2.36. The molecule has 1 aromatic carbocycles. The SMILES string of the molecule is NC(COc1ccc(OC(F)(F)F)cc1)C(=O)O. The van der Waals surface area contributed by atoms with Gasteiger partial charge in [-0.3, -0.25) is 4.79 Å². The van der Waals surface area contributed by atoms with Crippen LogP contribution in [0.25, 0.3) is 0 Å². The van der Waals surface area contributed by atoms with Gasteiger partial charge in [0.2, 0.25) is 0 Å². The number of carboxylic acids is 1. The molecule has 1 rings (SSSR count). The molecule has 1 atom stereocenters. The maximum atomic E-state index is 11.8. The van der Waals surface area contributed by atoms with Crippen LogP contribution < -0.4 is 15.2 Å². The Balaban J connectivity index is 2.53. The van der Waals surface area contributed by atoms with Crippen molar-refractivity contribution in [3.05, 3.63) is 24.3 Å². The average molecular weight is 265 g/mol. The van der Waals surface area contributed by atoms with Gasteiger partial charge in [-0.05, 0) is 24.3 Å². The number of hydrogen-bond donors (Lipinski definition) is 2. The number of carboxylic acid groups (broad SMARTS) is 1. The molecule has 18 heavy (non-hydrogen) atoms. The van der Waals surface area contributed by atoms with Crippen molar-refractivity contribution in [2.75, 3.05) is 6.61 Å². The lowest BCUT2D eigenvalue weighted by Gasteiger charge is -2.11. The smallest absolute Gasteiger partial charge is 0.491 e. The van der Waals surface area contributed by atoms with Gasteiger partial charge in [0.25, 0.3) is 0 Å². The van der Waals surface area contributed by atoms with Gasteiger partial charge >= 0.3 is 12.3 Å². The van der Waals surface area contributed by atoms with Crippen molar-refractivity contribution in [3.63, 3.8) is 0 Å². The second-order valence-electron chi connectivity index (χ2n) is 3.27. The van der Waals surface area contributed by atoms with Crippen LogP contribution in [0.3, 0.4) is 0 Å². The summed E-state index contributed by atoms with van der Waals surface area (Å²) in [4.78, 5) is 10.4. The Morgan fingerprint density at radius 1 is 1.28 bits per heavy atom. The molecular weight excluding hydrogens is 255 g/mol. The Morgan fingerprint density at radius 3 is 2.22 bits per heavy atom. The first-order valence-corrected chi connectivity index (χ1v) is 4.75. The second kappa shape index (κ2) is 5.58. The summed E-state index contributed by atoms with van der Waals surface area (Å²) < 4.78 is 44.2. The van der Waals surface area contributed by atoms with Crippen LogP contribution in [0.5, 0.6) is 11.5 Å². The first kappa shape index (κ1) is 14.1. The molecule has 0 amide bonds. The quantitative estimate of drug-likeness (QED) is 0.840. The number of alkyl halides is 3. The van der Waals surface area contributed by atoms with Gasteiger partial charge in [-0.15, -0.1) is 13.2 Å². The van der Waals surface area contributed by atoms with Gasteiger partial charge in [0.05, 0.1) is 0 Å². The van der Waals surface area contributed by atoms with Crippen LogP contribution in [0.15, 0.2) is 24.3 Å². The Hall–Kier alpha value is -1.96. The average Bonchev–Trinajstić information content (AvgIpc) is 2.25. The van der Waals surface area contributed by atoms with Crippen molar-refractivity contribution >= 4 is 5.97 Å². The number of carbonyl (C=O) groups is 1. The van der Waals surface area contributed by atoms with Crippen LogP contribution in [0.4, 0.5) is 13.2 Å². The van der Waals surface area contributed by atoms with Gasteiger partial charge in [-0.1, -0.05) is 0 Å². The minimum absolute atomic E-state index is 0.196. The molecule has 1 aromatic rings. The largest absolute Gasteiger partial charge is 0.573 e. The molecule has 0 radical (unpaired) electrons. The van der Waals surface area contributed by atoms with Crippen molar-refractivity contribution in [1.82, 2.24) is 0 Å². The molecule has 0 saturated carbocycles. The Kier molecular flexibility index (Phi) is 4.38. The van der Waals surface area contributed by atoms with Gasteiger partial charge in [-0.2, -0.15) is 0 Å². The zero-order valence-corrected chi connectivity index (χ0v) is 8.98. The van der Waals surface area contributed by atoms with E-state index in [1.54, 1.807) is 0 Å². The Morgan fingerprint density at radius 2 is 1.78 bits per heavy atom. The monoisotopic (exact) mass is 265 g/mol. The van der Waals surface area contributed by atoms with E-state index in [2.05, 4.69) is 4.74 Å². The number of benzene rings is 1. The number of hydrogen-bond acceptors (Lipinski definition) is 4. The molecule has 0 aliphatic carbocycles. The van der Waals surface area contributed by atoms with E-state index in [1.807, 2.05) is 0 Å². The highest BCUT2D eigenvalue weighted by Gasteiger charge is 2.30. The molecule has 0 heterocycles. The highest BCUT2D eigenvalue weighted by molar-refractivity contribution is 5.73. The van der Waals surface area contributed by atoms with Gasteiger partial charge in [0.1, 0.15) is 24.1 Å². The standard InChI is InChI=1S/C10H10F3NO4/c11-10(12,13)18-7-3-1-6(2-4-7)17-5-8(14)9(15)16/h1-4,8H,5,14H2,(H,15,16). The van der Waals surface area contributed by atoms with E-state index in [0.717, 1.165) is 12.1 Å². The van der Waals surface area contributed by atoms with Crippen molar-refractivity contribution in [2.24, 2.45) is 5.73 Å². The highest BCUT2D eigenvalue weighted by atomic mass is 19.4. The van der Waals surface area contributed by atoms with E-state index in [9.17, 15) is 18.0 Å². The zero-order valence-electron chi connectivity index (χ0n) is 8.98. The number of ether oxygens (including phenoxy) is 2. The van der Waals surface area contributed by atoms with Gasteiger partial charge in [0, 0.05) is 0 Å². The summed E-state index contributed by atoms with van der Waals surface area (Å²) in [6.45, 7) is -0.283. The molecule has 8 heteroatoms. The third-order valence-corrected chi connectivity index (χ3v) is 1.80. The first-order valence-electron chi connectivity index (χ1n) is 4.75. The maximum Gasteiger partial charge on any atom is 0.573 e. The fraction of sp³-hybridized carbons (Fsp3) is 0.300. The number of rotatable bonds is 5. The van der Waals surface area contributed by atoms with Crippen molar-refractivity contribution in [2.45, 2.75) is 12.4 Å². The van der Waals surface area contributed by atoms with Crippen molar-refractivity contribution < 1.29 is 32.5 Å². The molecule has 0 fully saturated rings. The van der Waals surface area contributed by atoms with E-state index >= 15 is 0 Å². The summed E-state index contributed by atoms with van der Waals surface area (Å²) in [5.74, 6) is -1.43. The minimum Gasteiger partial charge on any atom is -0.491 e. The fourth-order valence-corrected chi connectivity index (χ4v) is 0.995. The number of aliphatic carboxylic acids is 1. The molecular formula is C10H10F3NO4. The Labute approximate surface area is 99.9 Å². The van der Waals surface area contributed by atoms with E-state index in [1.165, 1.54) is 12.1 Å². The summed E-state index contributed by atoms with van der Waals surface area (Å²) in [6, 6.07) is 3.34. The number of halogens is 3. The summed E-state index contributed by atoms with van der Waals surface area (Å²) >= 11 is 0. The van der Waals surface area contributed by atoms with Crippen molar-refractivity contribution in [3.8, 4) is 11.5 Å². The molecule has 0 aliphatic rings. The molecule has 0 aromatic heterocycles. The van der Waals surface area contributed by atoms with E-state index in [0.29, 0.717) is 0 Å². The van der Waals surface area contributed by atoms with Crippen LogP contribution >= 0.6 is 0 Å². The van der Waals surface area contributed by atoms with Gasteiger partial charge in [-0.25, -0.2) is 0 Å². The summed E-state index contributed by atoms with van der Waals surface area (Å²) in [5, 5.41) is 8.48. The normalized spacial score (nSPS) is 12.9. The minimum atomic E-state index is -4.76. The van der Waals surface area contributed by atoms with Crippen LogP contribution in [0.2, 0.25) is 0 Å². The summed E-state index contributed by atoms with van der Waals surface area (Å²) in [5.41, 5.74) is 5.18. The predicted octanol–water partition coefficient (Wildman–Crippen LogP) is 1.38. The zero-order chi connectivity index (χ0) is 13.8. The molecule has 1 unspecified atom stereocenters. The lowest BCUT2D eigenvalue weighted by atomic mass is 10.3. The summed E-state index contributed by atoms with van der Waals surface area (Å²) in [6.07, 6.45) is -4.76. The lowest BCUT2D eigenvalue weighted by molar-refractivity contribution is -0.274. The van der Waals surface area contributed by atoms with Gasteiger partial charge < -0.3 is 20.3 Å². The molecule has 0 spiro atoms. The molecule has 0 aliphatic heterocycles. The molecule has 100 valence electrons.